The van der Waals surface area contributed by atoms with Crippen molar-refractivity contribution in [3.63, 3.8) is 0 Å². The number of hydrogen-bond donors (Lipinski definition) is 1. The van der Waals surface area contributed by atoms with Gasteiger partial charge in [0, 0.05) is 30.9 Å². The molecular weight excluding hydrogens is 348 g/mol. The summed E-state index contributed by atoms with van der Waals surface area (Å²) in [6, 6.07) is 11.0. The zero-order valence-electron chi connectivity index (χ0n) is 13.6. The molecule has 0 bridgehead atoms. The number of nitrogens with zero attached hydrogens (tertiary/aromatic N) is 5. The lowest BCUT2D eigenvalue weighted by atomic mass is 9.96. The van der Waals surface area contributed by atoms with Crippen molar-refractivity contribution in [2.75, 3.05) is 0 Å². The Kier molecular flexibility index (Phi) is 4.24. The van der Waals surface area contributed by atoms with Gasteiger partial charge in [0.25, 0.3) is 0 Å². The van der Waals surface area contributed by atoms with Gasteiger partial charge in [-0.2, -0.15) is 5.10 Å². The molecule has 8 heteroatoms. The summed E-state index contributed by atoms with van der Waals surface area (Å²) in [6.07, 6.45) is 6.72. The lowest BCUT2D eigenvalue weighted by Crippen LogP contribution is -2.24. The maximum absolute atomic E-state index is 12.2. The topological polar surface area (TPSA) is 99.6 Å². The van der Waals surface area contributed by atoms with Crippen LogP contribution < -0.4 is 5.73 Å². The second-order valence-electron chi connectivity index (χ2n) is 5.52. The summed E-state index contributed by atoms with van der Waals surface area (Å²) in [6.45, 7) is 0. The van der Waals surface area contributed by atoms with E-state index in [0.717, 1.165) is 4.88 Å². The zero-order valence-corrected chi connectivity index (χ0v) is 14.4. The van der Waals surface area contributed by atoms with Gasteiger partial charge in [-0.25, -0.2) is 14.6 Å². The number of carbonyl (C=O) groups is 1. The molecule has 1 amide bonds. The van der Waals surface area contributed by atoms with E-state index in [2.05, 4.69) is 20.1 Å². The molecule has 2 N–H and O–H groups in total. The Hall–Kier alpha value is -3.39. The van der Waals surface area contributed by atoms with Crippen molar-refractivity contribution in [3.05, 3.63) is 77.8 Å². The number of primary amides is 1. The van der Waals surface area contributed by atoms with Crippen LogP contribution in [0, 0.1) is 0 Å². The zero-order chi connectivity index (χ0) is 17.9. The van der Waals surface area contributed by atoms with Gasteiger partial charge in [-0.15, -0.1) is 11.3 Å². The van der Waals surface area contributed by atoms with Crippen LogP contribution in [0.5, 0.6) is 0 Å². The minimum atomic E-state index is -0.722. The van der Waals surface area contributed by atoms with Crippen LogP contribution in [0.25, 0.3) is 16.5 Å². The van der Waals surface area contributed by atoms with Crippen LogP contribution in [0.4, 0.5) is 0 Å². The highest BCUT2D eigenvalue weighted by Crippen LogP contribution is 2.28. The van der Waals surface area contributed by atoms with Crippen LogP contribution >= 0.6 is 11.3 Å². The van der Waals surface area contributed by atoms with Crippen LogP contribution in [0.3, 0.4) is 0 Å². The second-order valence-corrected chi connectivity index (χ2v) is 6.47. The van der Waals surface area contributed by atoms with Gasteiger partial charge < -0.3 is 5.73 Å². The highest BCUT2D eigenvalue weighted by atomic mass is 32.1. The van der Waals surface area contributed by atoms with E-state index >= 15 is 0 Å². The average Bonchev–Trinajstić information content (AvgIpc) is 3.36. The predicted octanol–water partition coefficient (Wildman–Crippen LogP) is 2.40. The Morgan fingerprint density at radius 1 is 1.15 bits per heavy atom. The molecule has 0 aromatic carbocycles. The van der Waals surface area contributed by atoms with Crippen molar-refractivity contribution < 1.29 is 4.79 Å². The summed E-state index contributed by atoms with van der Waals surface area (Å²) >= 11 is 1.52. The van der Waals surface area contributed by atoms with Gasteiger partial charge in [-0.3, -0.25) is 9.78 Å². The lowest BCUT2D eigenvalue weighted by Gasteiger charge is -2.15. The summed E-state index contributed by atoms with van der Waals surface area (Å²) in [5.74, 6) is -0.128. The molecule has 4 aromatic rings. The maximum Gasteiger partial charge on any atom is 0.231 e. The summed E-state index contributed by atoms with van der Waals surface area (Å²) in [4.78, 5) is 26.4. The molecule has 1 unspecified atom stereocenters. The Bertz CT molecular complexity index is 963. The monoisotopic (exact) mass is 362 g/mol. The molecule has 26 heavy (non-hydrogen) atoms. The molecule has 4 aromatic heterocycles. The largest absolute Gasteiger partial charge is 0.369 e. The molecule has 0 saturated carbocycles. The molecular formula is C18H14N6OS. The quantitative estimate of drug-likeness (QED) is 0.588. The van der Waals surface area contributed by atoms with Crippen molar-refractivity contribution >= 4 is 17.2 Å². The van der Waals surface area contributed by atoms with Gasteiger partial charge in [-0.1, -0.05) is 12.1 Å². The van der Waals surface area contributed by atoms with Gasteiger partial charge in [0.1, 0.15) is 5.92 Å². The normalized spacial score (nSPS) is 12.0. The number of carbonyl (C=O) groups excluding carboxylic acids is 1. The maximum atomic E-state index is 12.2. The standard InChI is InChI=1S/C18H14N6OS/c19-17(25)16(12-4-1-6-20-11-12)13-10-15(24-8-3-7-21-24)23-18(22-13)14-5-2-9-26-14/h1-11,16H,(H2,19,25). The molecule has 0 aliphatic carbocycles. The predicted molar refractivity (Wildman–Crippen MR) is 97.7 cm³/mol. The smallest absolute Gasteiger partial charge is 0.231 e. The Morgan fingerprint density at radius 3 is 2.73 bits per heavy atom. The van der Waals surface area contributed by atoms with Gasteiger partial charge >= 0.3 is 0 Å². The molecule has 4 heterocycles. The van der Waals surface area contributed by atoms with Crippen LogP contribution in [-0.4, -0.2) is 30.6 Å². The number of pyridine rings is 1. The molecule has 0 radical (unpaired) electrons. The van der Waals surface area contributed by atoms with E-state index in [0.29, 0.717) is 22.9 Å². The average molecular weight is 362 g/mol. The third kappa shape index (κ3) is 3.09. The lowest BCUT2D eigenvalue weighted by molar-refractivity contribution is -0.118. The third-order valence-electron chi connectivity index (χ3n) is 3.81. The summed E-state index contributed by atoms with van der Waals surface area (Å²) in [5.41, 5.74) is 6.88. The third-order valence-corrected chi connectivity index (χ3v) is 4.68. The van der Waals surface area contributed by atoms with Crippen LogP contribution in [0.15, 0.2) is 66.6 Å². The molecule has 0 aliphatic heterocycles. The number of aromatic nitrogens is 5. The summed E-state index contributed by atoms with van der Waals surface area (Å²) in [7, 11) is 0. The van der Waals surface area contributed by atoms with Crippen LogP contribution in [0.1, 0.15) is 17.2 Å². The van der Waals surface area contributed by atoms with E-state index in [1.165, 1.54) is 11.3 Å². The Labute approximate surface area is 153 Å². The minimum absolute atomic E-state index is 0.500. The van der Waals surface area contributed by atoms with Crippen molar-refractivity contribution in [1.29, 1.82) is 0 Å². The molecule has 4 rings (SSSR count). The van der Waals surface area contributed by atoms with Gasteiger partial charge in [-0.05, 0) is 29.1 Å². The highest BCUT2D eigenvalue weighted by Gasteiger charge is 2.24. The van der Waals surface area contributed by atoms with E-state index in [1.54, 1.807) is 47.7 Å². The first-order valence-electron chi connectivity index (χ1n) is 7.84. The van der Waals surface area contributed by atoms with Crippen LogP contribution in [-0.2, 0) is 4.79 Å². The van der Waals surface area contributed by atoms with Crippen molar-refractivity contribution in [1.82, 2.24) is 24.7 Å². The van der Waals surface area contributed by atoms with Crippen molar-refractivity contribution in [3.8, 4) is 16.5 Å². The summed E-state index contributed by atoms with van der Waals surface area (Å²) < 4.78 is 1.63. The molecule has 128 valence electrons. The first-order chi connectivity index (χ1) is 12.7. The number of thiophene rings is 1. The molecule has 7 nitrogen and oxygen atoms in total. The fourth-order valence-electron chi connectivity index (χ4n) is 2.67. The van der Waals surface area contributed by atoms with Crippen LogP contribution in [0.2, 0.25) is 0 Å². The molecule has 0 aliphatic rings. The first-order valence-corrected chi connectivity index (χ1v) is 8.72. The van der Waals surface area contributed by atoms with Crippen molar-refractivity contribution in [2.45, 2.75) is 5.92 Å². The molecule has 1 atom stereocenters. The fraction of sp³-hybridized carbons (Fsp3) is 0.0556. The van der Waals surface area contributed by atoms with E-state index in [1.807, 2.05) is 23.6 Å². The highest BCUT2D eigenvalue weighted by molar-refractivity contribution is 7.13. The van der Waals surface area contributed by atoms with E-state index in [9.17, 15) is 4.79 Å². The number of amides is 1. The van der Waals surface area contributed by atoms with E-state index in [4.69, 9.17) is 5.73 Å². The minimum Gasteiger partial charge on any atom is -0.369 e. The Morgan fingerprint density at radius 2 is 2.08 bits per heavy atom. The van der Waals surface area contributed by atoms with Gasteiger partial charge in [0.15, 0.2) is 11.6 Å². The first kappa shape index (κ1) is 16.1. The SMILES string of the molecule is NC(=O)C(c1cccnc1)c1cc(-n2cccn2)nc(-c2cccs2)n1. The fourth-order valence-corrected chi connectivity index (χ4v) is 3.32. The van der Waals surface area contributed by atoms with Gasteiger partial charge in [0.2, 0.25) is 5.91 Å². The van der Waals surface area contributed by atoms with E-state index in [-0.39, 0.29) is 0 Å². The van der Waals surface area contributed by atoms with E-state index < -0.39 is 11.8 Å². The summed E-state index contributed by atoms with van der Waals surface area (Å²) in [5, 5.41) is 6.18. The molecule has 0 saturated heterocycles. The molecule has 0 spiro atoms. The Balaban J connectivity index is 1.90. The van der Waals surface area contributed by atoms with Crippen molar-refractivity contribution in [2.24, 2.45) is 5.73 Å². The molecule has 0 fully saturated rings. The number of nitrogens with two attached hydrogens (primary N) is 1. The van der Waals surface area contributed by atoms with Gasteiger partial charge in [0.05, 0.1) is 10.6 Å². The number of rotatable bonds is 5. The second kappa shape index (κ2) is 6.85. The number of hydrogen-bond acceptors (Lipinski definition) is 6.